The fourth-order valence-electron chi connectivity index (χ4n) is 1.47. The van der Waals surface area contributed by atoms with Gasteiger partial charge in [-0.25, -0.2) is 13.1 Å². The van der Waals surface area contributed by atoms with Crippen molar-refractivity contribution in [3.05, 3.63) is 23.8 Å². The SMILES string of the molecule is CCOc1ccc(S(=O)(=O)NCC(C)(C)N)cc1C. The van der Waals surface area contributed by atoms with Crippen LogP contribution in [0.3, 0.4) is 0 Å². The van der Waals surface area contributed by atoms with E-state index in [2.05, 4.69) is 4.72 Å². The molecular formula is C13H22N2O3S. The molecule has 0 heterocycles. The van der Waals surface area contributed by atoms with Crippen LogP contribution < -0.4 is 15.2 Å². The molecule has 0 unspecified atom stereocenters. The molecule has 0 radical (unpaired) electrons. The van der Waals surface area contributed by atoms with Gasteiger partial charge in [0.15, 0.2) is 0 Å². The van der Waals surface area contributed by atoms with Crippen LogP contribution in [0.25, 0.3) is 0 Å². The number of nitrogens with two attached hydrogens (primary N) is 1. The maximum Gasteiger partial charge on any atom is 0.240 e. The highest BCUT2D eigenvalue weighted by atomic mass is 32.2. The van der Waals surface area contributed by atoms with Crippen molar-refractivity contribution < 1.29 is 13.2 Å². The Morgan fingerprint density at radius 1 is 1.37 bits per heavy atom. The second-order valence-electron chi connectivity index (χ2n) is 5.17. The predicted octanol–water partition coefficient (Wildman–Crippen LogP) is 1.41. The summed E-state index contributed by atoms with van der Waals surface area (Å²) in [6.07, 6.45) is 0. The molecule has 0 amide bonds. The van der Waals surface area contributed by atoms with Gasteiger partial charge in [0, 0.05) is 12.1 Å². The van der Waals surface area contributed by atoms with Crippen LogP contribution in [-0.4, -0.2) is 27.1 Å². The van der Waals surface area contributed by atoms with Gasteiger partial charge in [-0.1, -0.05) is 0 Å². The molecule has 0 aliphatic rings. The van der Waals surface area contributed by atoms with Gasteiger partial charge in [0.25, 0.3) is 0 Å². The summed E-state index contributed by atoms with van der Waals surface area (Å²) in [5, 5.41) is 0. The molecule has 6 heteroatoms. The van der Waals surface area contributed by atoms with Crippen LogP contribution in [0.1, 0.15) is 26.3 Å². The third-order valence-corrected chi connectivity index (χ3v) is 3.87. The van der Waals surface area contributed by atoms with Crippen molar-refractivity contribution in [1.82, 2.24) is 4.72 Å². The fourth-order valence-corrected chi connectivity index (χ4v) is 2.78. The lowest BCUT2D eigenvalue weighted by Gasteiger charge is -2.19. The highest BCUT2D eigenvalue weighted by Gasteiger charge is 2.19. The Hall–Kier alpha value is -1.11. The maximum absolute atomic E-state index is 12.1. The highest BCUT2D eigenvalue weighted by molar-refractivity contribution is 7.89. The quantitative estimate of drug-likeness (QED) is 0.828. The number of benzene rings is 1. The first-order valence-electron chi connectivity index (χ1n) is 6.18. The third kappa shape index (κ3) is 4.81. The summed E-state index contributed by atoms with van der Waals surface area (Å²) in [4.78, 5) is 0.220. The topological polar surface area (TPSA) is 81.4 Å². The largest absolute Gasteiger partial charge is 0.494 e. The average Bonchev–Trinajstić information content (AvgIpc) is 2.29. The third-order valence-electron chi connectivity index (χ3n) is 2.47. The summed E-state index contributed by atoms with van der Waals surface area (Å²) in [5.74, 6) is 0.695. The van der Waals surface area contributed by atoms with Gasteiger partial charge in [0.1, 0.15) is 5.75 Å². The minimum Gasteiger partial charge on any atom is -0.494 e. The number of nitrogens with one attached hydrogen (secondary N) is 1. The van der Waals surface area contributed by atoms with Crippen molar-refractivity contribution in [1.29, 1.82) is 0 Å². The Morgan fingerprint density at radius 2 is 2.00 bits per heavy atom. The van der Waals surface area contributed by atoms with Gasteiger partial charge in [0.2, 0.25) is 10.0 Å². The van der Waals surface area contributed by atoms with Gasteiger partial charge >= 0.3 is 0 Å². The number of hydrogen-bond donors (Lipinski definition) is 2. The van der Waals surface area contributed by atoms with Crippen LogP contribution >= 0.6 is 0 Å². The molecule has 1 aromatic rings. The number of hydrogen-bond acceptors (Lipinski definition) is 4. The second-order valence-corrected chi connectivity index (χ2v) is 6.94. The van der Waals surface area contributed by atoms with Crippen LogP contribution in [0.5, 0.6) is 5.75 Å². The minimum atomic E-state index is -3.53. The zero-order chi connectivity index (χ0) is 14.7. The van der Waals surface area contributed by atoms with Crippen LogP contribution in [0, 0.1) is 6.92 Å². The first-order valence-corrected chi connectivity index (χ1v) is 7.66. The fraction of sp³-hybridized carbons (Fsp3) is 0.538. The van der Waals surface area contributed by atoms with E-state index in [0.717, 1.165) is 5.56 Å². The van der Waals surface area contributed by atoms with Gasteiger partial charge in [0.05, 0.1) is 11.5 Å². The summed E-state index contributed by atoms with van der Waals surface area (Å²) in [7, 11) is -3.53. The molecular weight excluding hydrogens is 264 g/mol. The number of ether oxygens (including phenoxy) is 1. The van der Waals surface area contributed by atoms with E-state index in [1.165, 1.54) is 6.07 Å². The number of sulfonamides is 1. The molecule has 1 aromatic carbocycles. The summed E-state index contributed by atoms with van der Waals surface area (Å²) in [5.41, 5.74) is 5.97. The molecule has 3 N–H and O–H groups in total. The molecule has 0 aromatic heterocycles. The Morgan fingerprint density at radius 3 is 2.47 bits per heavy atom. The summed E-state index contributed by atoms with van der Waals surface area (Å²) >= 11 is 0. The molecule has 5 nitrogen and oxygen atoms in total. The molecule has 108 valence electrons. The smallest absolute Gasteiger partial charge is 0.240 e. The van der Waals surface area contributed by atoms with Crippen molar-refractivity contribution in [3.63, 3.8) is 0 Å². The summed E-state index contributed by atoms with van der Waals surface area (Å²) in [6.45, 7) is 7.96. The standard InChI is InChI=1S/C13H22N2O3S/c1-5-18-12-7-6-11(8-10(12)2)19(16,17)15-9-13(3,4)14/h6-8,15H,5,9,14H2,1-4H3. The van der Waals surface area contributed by atoms with Crippen molar-refractivity contribution >= 4 is 10.0 Å². The maximum atomic E-state index is 12.1. The number of aryl methyl sites for hydroxylation is 1. The lowest BCUT2D eigenvalue weighted by Crippen LogP contribution is -2.45. The predicted molar refractivity (Wildman–Crippen MR) is 75.8 cm³/mol. The van der Waals surface area contributed by atoms with E-state index in [9.17, 15) is 8.42 Å². The molecule has 0 fully saturated rings. The van der Waals surface area contributed by atoms with Gasteiger partial charge in [-0.15, -0.1) is 0 Å². The highest BCUT2D eigenvalue weighted by Crippen LogP contribution is 2.21. The van der Waals surface area contributed by atoms with E-state index in [-0.39, 0.29) is 11.4 Å². The van der Waals surface area contributed by atoms with Crippen molar-refractivity contribution in [2.75, 3.05) is 13.2 Å². The number of rotatable bonds is 6. The molecule has 0 saturated heterocycles. The molecule has 0 spiro atoms. The van der Waals surface area contributed by atoms with Crippen LogP contribution in [-0.2, 0) is 10.0 Å². The van der Waals surface area contributed by atoms with E-state index in [1.54, 1.807) is 26.0 Å². The first kappa shape index (κ1) is 15.9. The first-order chi connectivity index (χ1) is 8.65. The van der Waals surface area contributed by atoms with Crippen molar-refractivity contribution in [2.24, 2.45) is 5.73 Å². The van der Waals surface area contributed by atoms with E-state index in [4.69, 9.17) is 10.5 Å². The summed E-state index contributed by atoms with van der Waals surface area (Å²) in [6, 6.07) is 4.79. The molecule has 0 saturated carbocycles. The van der Waals surface area contributed by atoms with Crippen LogP contribution in [0.2, 0.25) is 0 Å². The normalized spacial score (nSPS) is 12.5. The minimum absolute atomic E-state index is 0.182. The van der Waals surface area contributed by atoms with E-state index in [0.29, 0.717) is 12.4 Å². The Balaban J connectivity index is 2.93. The monoisotopic (exact) mass is 286 g/mol. The molecule has 19 heavy (non-hydrogen) atoms. The lowest BCUT2D eigenvalue weighted by atomic mass is 10.1. The zero-order valence-corrected chi connectivity index (χ0v) is 12.7. The molecule has 1 rings (SSSR count). The van der Waals surface area contributed by atoms with E-state index >= 15 is 0 Å². The molecule has 0 aliphatic carbocycles. The van der Waals surface area contributed by atoms with Crippen molar-refractivity contribution in [3.8, 4) is 5.75 Å². The molecule has 0 atom stereocenters. The Labute approximate surface area is 115 Å². The Kier molecular flexibility index (Phi) is 4.95. The average molecular weight is 286 g/mol. The van der Waals surface area contributed by atoms with Gasteiger partial charge < -0.3 is 10.5 Å². The van der Waals surface area contributed by atoms with Gasteiger partial charge in [-0.3, -0.25) is 0 Å². The van der Waals surface area contributed by atoms with E-state index in [1.807, 2.05) is 13.8 Å². The van der Waals surface area contributed by atoms with Gasteiger partial charge in [-0.05, 0) is 51.5 Å². The van der Waals surface area contributed by atoms with Crippen molar-refractivity contribution in [2.45, 2.75) is 38.1 Å². The lowest BCUT2D eigenvalue weighted by molar-refractivity contribution is 0.337. The Bertz CT molecular complexity index is 533. The van der Waals surface area contributed by atoms with Crippen LogP contribution in [0.4, 0.5) is 0 Å². The zero-order valence-electron chi connectivity index (χ0n) is 11.9. The van der Waals surface area contributed by atoms with E-state index < -0.39 is 15.6 Å². The van der Waals surface area contributed by atoms with Gasteiger partial charge in [-0.2, -0.15) is 0 Å². The second kappa shape index (κ2) is 5.90. The van der Waals surface area contributed by atoms with Crippen LogP contribution in [0.15, 0.2) is 23.1 Å². The molecule has 0 bridgehead atoms. The molecule has 0 aliphatic heterocycles. The summed E-state index contributed by atoms with van der Waals surface area (Å²) < 4.78 is 32.1.